The molecule has 3 unspecified atom stereocenters. The monoisotopic (exact) mass is 152 g/mol. The van der Waals surface area contributed by atoms with Gasteiger partial charge in [0.15, 0.2) is 0 Å². The van der Waals surface area contributed by atoms with E-state index in [0.717, 1.165) is 6.42 Å². The molecule has 2 rings (SSSR count). The number of allylic oxidation sites excluding steroid dienone is 3. The number of rotatable bonds is 0. The van der Waals surface area contributed by atoms with E-state index >= 15 is 0 Å². The summed E-state index contributed by atoms with van der Waals surface area (Å²) in [5.41, 5.74) is 4.26. The summed E-state index contributed by atoms with van der Waals surface area (Å²) in [5.74, 6) is 1.01. The molecule has 0 N–H and O–H groups in total. The summed E-state index contributed by atoms with van der Waals surface area (Å²) in [6.45, 7) is 3.64. The van der Waals surface area contributed by atoms with Crippen LogP contribution in [0.25, 0.3) is 0 Å². The highest BCUT2D eigenvalue weighted by Crippen LogP contribution is 2.45. The van der Waals surface area contributed by atoms with Crippen LogP contribution in [0.3, 0.4) is 0 Å². The Hall–Kier alpha value is -0.450. The van der Waals surface area contributed by atoms with Gasteiger partial charge in [0.05, 0.1) is 5.38 Å². The van der Waals surface area contributed by atoms with Crippen molar-refractivity contribution >= 4 is 11.6 Å². The molecule has 2 aliphatic rings. The first kappa shape index (κ1) is 6.27. The van der Waals surface area contributed by atoms with Gasteiger partial charge in [-0.1, -0.05) is 18.7 Å². The van der Waals surface area contributed by atoms with Crippen molar-refractivity contribution in [3.63, 3.8) is 0 Å². The second-order valence-electron chi connectivity index (χ2n) is 2.93. The van der Waals surface area contributed by atoms with Gasteiger partial charge >= 0.3 is 0 Å². The molecule has 3 atom stereocenters. The van der Waals surface area contributed by atoms with Crippen molar-refractivity contribution in [1.29, 1.82) is 0 Å². The Morgan fingerprint density at radius 1 is 1.60 bits per heavy atom. The second kappa shape index (κ2) is 2.02. The summed E-state index contributed by atoms with van der Waals surface area (Å²) in [6, 6.07) is 0. The zero-order valence-corrected chi connectivity index (χ0v) is 6.43. The molecule has 0 spiro atoms. The third kappa shape index (κ3) is 0.637. The molecule has 2 bridgehead atoms. The van der Waals surface area contributed by atoms with Crippen LogP contribution in [-0.2, 0) is 0 Å². The molecule has 0 heterocycles. The van der Waals surface area contributed by atoms with E-state index in [4.69, 9.17) is 11.6 Å². The lowest BCUT2D eigenvalue weighted by Crippen LogP contribution is -2.04. The van der Waals surface area contributed by atoms with Crippen LogP contribution in [0.5, 0.6) is 0 Å². The first-order valence-electron chi connectivity index (χ1n) is 3.54. The minimum Gasteiger partial charge on any atom is -0.129 e. The van der Waals surface area contributed by atoms with Gasteiger partial charge in [-0.2, -0.15) is 0 Å². The SMILES string of the molecule is C=C=C1CC2C=CC1C2Cl. The molecule has 10 heavy (non-hydrogen) atoms. The van der Waals surface area contributed by atoms with E-state index in [0.29, 0.717) is 17.2 Å². The fraction of sp³-hybridized carbons (Fsp3) is 0.444. The fourth-order valence-corrected chi connectivity index (χ4v) is 2.22. The average Bonchev–Trinajstić information content (AvgIpc) is 2.46. The molecule has 52 valence electrons. The van der Waals surface area contributed by atoms with Gasteiger partial charge in [0.25, 0.3) is 0 Å². The van der Waals surface area contributed by atoms with Gasteiger partial charge in [0.2, 0.25) is 0 Å². The van der Waals surface area contributed by atoms with Crippen molar-refractivity contribution in [2.75, 3.05) is 0 Å². The van der Waals surface area contributed by atoms with Crippen LogP contribution in [0.15, 0.2) is 30.0 Å². The lowest BCUT2D eigenvalue weighted by molar-refractivity contribution is 0.703. The van der Waals surface area contributed by atoms with E-state index in [2.05, 4.69) is 24.5 Å². The second-order valence-corrected chi connectivity index (χ2v) is 3.43. The summed E-state index contributed by atoms with van der Waals surface area (Å²) >= 11 is 6.10. The largest absolute Gasteiger partial charge is 0.129 e. The first-order valence-corrected chi connectivity index (χ1v) is 3.98. The Morgan fingerprint density at radius 2 is 2.40 bits per heavy atom. The van der Waals surface area contributed by atoms with Gasteiger partial charge in [-0.3, -0.25) is 0 Å². The minimum atomic E-state index is 0.296. The van der Waals surface area contributed by atoms with Crippen molar-refractivity contribution in [3.05, 3.63) is 30.0 Å². The number of hydrogen-bond acceptors (Lipinski definition) is 0. The van der Waals surface area contributed by atoms with Crippen molar-refractivity contribution in [2.24, 2.45) is 11.8 Å². The molecule has 1 saturated carbocycles. The zero-order valence-electron chi connectivity index (χ0n) is 5.68. The Balaban J connectivity index is 2.40. The maximum absolute atomic E-state index is 6.10. The number of alkyl halides is 1. The summed E-state index contributed by atoms with van der Waals surface area (Å²) in [5, 5.41) is 0.296. The van der Waals surface area contributed by atoms with E-state index in [1.807, 2.05) is 0 Å². The normalized spacial score (nSPS) is 42.5. The highest BCUT2D eigenvalue weighted by Gasteiger charge is 2.39. The molecular weight excluding hydrogens is 144 g/mol. The number of fused-ring (bicyclic) bond motifs is 2. The maximum Gasteiger partial charge on any atom is 0.0508 e. The molecular formula is C9H9Cl. The van der Waals surface area contributed by atoms with Crippen LogP contribution in [0.1, 0.15) is 6.42 Å². The van der Waals surface area contributed by atoms with E-state index in [-0.39, 0.29) is 0 Å². The van der Waals surface area contributed by atoms with E-state index in [1.54, 1.807) is 0 Å². The van der Waals surface area contributed by atoms with Crippen LogP contribution in [-0.4, -0.2) is 5.38 Å². The van der Waals surface area contributed by atoms with Crippen LogP contribution >= 0.6 is 11.6 Å². The third-order valence-electron chi connectivity index (χ3n) is 2.40. The van der Waals surface area contributed by atoms with Gasteiger partial charge in [0, 0.05) is 5.92 Å². The Labute approximate surface area is 65.9 Å². The van der Waals surface area contributed by atoms with Crippen molar-refractivity contribution in [1.82, 2.24) is 0 Å². The fourth-order valence-electron chi connectivity index (χ4n) is 1.81. The molecule has 0 aromatic heterocycles. The predicted molar refractivity (Wildman–Crippen MR) is 43.0 cm³/mol. The molecule has 0 aromatic carbocycles. The lowest BCUT2D eigenvalue weighted by atomic mass is 10.0. The molecule has 0 aromatic rings. The smallest absolute Gasteiger partial charge is 0.0508 e. The highest BCUT2D eigenvalue weighted by atomic mass is 35.5. The summed E-state index contributed by atoms with van der Waals surface area (Å²) < 4.78 is 0. The maximum atomic E-state index is 6.10. The van der Waals surface area contributed by atoms with Crippen LogP contribution in [0.4, 0.5) is 0 Å². The van der Waals surface area contributed by atoms with E-state index < -0.39 is 0 Å². The van der Waals surface area contributed by atoms with Crippen LogP contribution in [0, 0.1) is 11.8 Å². The first-order chi connectivity index (χ1) is 4.83. The summed E-state index contributed by atoms with van der Waals surface area (Å²) in [6.07, 6.45) is 5.47. The Bertz CT molecular complexity index is 233. The third-order valence-corrected chi connectivity index (χ3v) is 3.00. The Kier molecular flexibility index (Phi) is 1.26. The molecule has 2 aliphatic carbocycles. The average molecular weight is 153 g/mol. The molecule has 1 fully saturated rings. The molecule has 0 amide bonds. The van der Waals surface area contributed by atoms with Gasteiger partial charge in [0.1, 0.15) is 0 Å². The summed E-state index contributed by atoms with van der Waals surface area (Å²) in [7, 11) is 0. The van der Waals surface area contributed by atoms with Gasteiger partial charge in [-0.25, -0.2) is 0 Å². The lowest BCUT2D eigenvalue weighted by Gasteiger charge is -2.03. The standard InChI is InChI=1S/C9H9Cl/c1-2-6-5-7-3-4-8(6)9(7)10/h3-4,7-9H,1,5H2. The topological polar surface area (TPSA) is 0 Å². The van der Waals surface area contributed by atoms with Crippen molar-refractivity contribution < 1.29 is 0 Å². The minimum absolute atomic E-state index is 0.296. The van der Waals surface area contributed by atoms with Crippen LogP contribution < -0.4 is 0 Å². The zero-order chi connectivity index (χ0) is 7.14. The van der Waals surface area contributed by atoms with Crippen molar-refractivity contribution in [2.45, 2.75) is 11.8 Å². The highest BCUT2D eigenvalue weighted by molar-refractivity contribution is 6.22. The number of halogens is 1. The van der Waals surface area contributed by atoms with E-state index in [1.165, 1.54) is 5.57 Å². The quantitative estimate of drug-likeness (QED) is 0.284. The number of hydrogen-bond donors (Lipinski definition) is 0. The van der Waals surface area contributed by atoms with E-state index in [9.17, 15) is 0 Å². The molecule has 0 nitrogen and oxygen atoms in total. The molecule has 0 radical (unpaired) electrons. The predicted octanol–water partition coefficient (Wildman–Crippen LogP) is 2.51. The molecule has 0 saturated heterocycles. The van der Waals surface area contributed by atoms with Crippen LogP contribution in [0.2, 0.25) is 0 Å². The molecule has 0 aliphatic heterocycles. The van der Waals surface area contributed by atoms with Crippen molar-refractivity contribution in [3.8, 4) is 0 Å². The molecule has 1 heteroatoms. The van der Waals surface area contributed by atoms with Gasteiger partial charge in [-0.15, -0.1) is 17.3 Å². The Morgan fingerprint density at radius 3 is 2.70 bits per heavy atom. The van der Waals surface area contributed by atoms with Gasteiger partial charge in [-0.05, 0) is 17.9 Å². The summed E-state index contributed by atoms with van der Waals surface area (Å²) in [4.78, 5) is 0. The van der Waals surface area contributed by atoms with Gasteiger partial charge < -0.3 is 0 Å².